The fraction of sp³-hybridized carbons (Fsp3) is 0.0952. The van der Waals surface area contributed by atoms with Crippen LogP contribution in [0, 0.1) is 0 Å². The highest BCUT2D eigenvalue weighted by atomic mass is 16.5. The van der Waals surface area contributed by atoms with Gasteiger partial charge in [0.25, 0.3) is 5.91 Å². The Morgan fingerprint density at radius 2 is 1.67 bits per heavy atom. The normalized spacial score (nSPS) is 10.1. The molecular formula is C21H19N3O3. The fourth-order valence-corrected chi connectivity index (χ4v) is 2.54. The quantitative estimate of drug-likeness (QED) is 0.698. The molecule has 27 heavy (non-hydrogen) atoms. The molecule has 0 spiro atoms. The molecule has 0 unspecified atom stereocenters. The van der Waals surface area contributed by atoms with Crippen LogP contribution in [0.1, 0.15) is 20.8 Å². The minimum Gasteiger partial charge on any atom is -0.465 e. The van der Waals surface area contributed by atoms with Gasteiger partial charge in [-0.3, -0.25) is 9.78 Å². The minimum atomic E-state index is -0.387. The van der Waals surface area contributed by atoms with E-state index in [1.54, 1.807) is 54.5 Å². The number of rotatable bonds is 5. The lowest BCUT2D eigenvalue weighted by molar-refractivity contribution is 0.0600. The van der Waals surface area contributed by atoms with Crippen LogP contribution in [0.4, 0.5) is 17.1 Å². The van der Waals surface area contributed by atoms with Crippen molar-refractivity contribution in [3.05, 3.63) is 84.2 Å². The van der Waals surface area contributed by atoms with Crippen molar-refractivity contribution in [3.63, 3.8) is 0 Å². The van der Waals surface area contributed by atoms with Crippen molar-refractivity contribution in [2.75, 3.05) is 24.4 Å². The monoisotopic (exact) mass is 361 g/mol. The number of ether oxygens (including phenoxy) is 1. The Morgan fingerprint density at radius 3 is 2.33 bits per heavy atom. The predicted molar refractivity (Wildman–Crippen MR) is 104 cm³/mol. The summed E-state index contributed by atoms with van der Waals surface area (Å²) in [6, 6.07) is 19.7. The van der Waals surface area contributed by atoms with E-state index in [1.807, 2.05) is 30.3 Å². The molecule has 0 radical (unpaired) electrons. The molecule has 1 aromatic heterocycles. The van der Waals surface area contributed by atoms with Crippen molar-refractivity contribution in [2.24, 2.45) is 0 Å². The van der Waals surface area contributed by atoms with E-state index in [1.165, 1.54) is 7.11 Å². The van der Waals surface area contributed by atoms with Crippen LogP contribution in [0.2, 0.25) is 0 Å². The van der Waals surface area contributed by atoms with E-state index in [0.29, 0.717) is 11.3 Å². The third-order valence-electron chi connectivity index (χ3n) is 4.02. The summed E-state index contributed by atoms with van der Waals surface area (Å²) < 4.78 is 4.69. The first-order valence-corrected chi connectivity index (χ1v) is 8.33. The van der Waals surface area contributed by atoms with E-state index in [9.17, 15) is 9.59 Å². The first-order valence-electron chi connectivity index (χ1n) is 8.33. The largest absolute Gasteiger partial charge is 0.465 e. The van der Waals surface area contributed by atoms with Crippen molar-refractivity contribution in [2.45, 2.75) is 0 Å². The number of amides is 1. The first-order chi connectivity index (χ1) is 13.1. The summed E-state index contributed by atoms with van der Waals surface area (Å²) in [5.41, 5.74) is 3.10. The summed E-state index contributed by atoms with van der Waals surface area (Å²) in [6.07, 6.45) is 1.58. The molecule has 0 aliphatic carbocycles. The van der Waals surface area contributed by atoms with Gasteiger partial charge in [-0.2, -0.15) is 0 Å². The number of anilines is 3. The summed E-state index contributed by atoms with van der Waals surface area (Å²) in [6.45, 7) is 0. The van der Waals surface area contributed by atoms with Crippen molar-refractivity contribution in [1.29, 1.82) is 0 Å². The molecule has 1 N–H and O–H groups in total. The number of carbonyl (C=O) groups excluding carboxylic acids is 2. The molecule has 136 valence electrons. The lowest BCUT2D eigenvalue weighted by Crippen LogP contribution is -2.27. The summed E-state index contributed by atoms with van der Waals surface area (Å²) in [4.78, 5) is 29.9. The Bertz CT molecular complexity index is 940. The number of nitrogens with zero attached hydrogens (tertiary/aromatic N) is 2. The Kier molecular flexibility index (Phi) is 5.47. The number of esters is 1. The highest BCUT2D eigenvalue weighted by molar-refractivity contribution is 6.04. The molecule has 0 fully saturated rings. The number of aromatic nitrogens is 1. The van der Waals surface area contributed by atoms with Crippen molar-refractivity contribution < 1.29 is 14.3 Å². The number of para-hydroxylation sites is 1. The summed E-state index contributed by atoms with van der Waals surface area (Å²) in [5.74, 6) is -0.590. The van der Waals surface area contributed by atoms with Crippen LogP contribution in [0.5, 0.6) is 0 Å². The van der Waals surface area contributed by atoms with Crippen LogP contribution < -0.4 is 10.2 Å². The number of hydrogen-bond acceptors (Lipinski definition) is 5. The van der Waals surface area contributed by atoms with Gasteiger partial charge in [-0.05, 0) is 48.5 Å². The maximum atomic E-state index is 12.7. The average Bonchev–Trinajstić information content (AvgIpc) is 2.73. The topological polar surface area (TPSA) is 71.5 Å². The number of pyridine rings is 1. The van der Waals surface area contributed by atoms with Crippen LogP contribution in [-0.4, -0.2) is 31.0 Å². The van der Waals surface area contributed by atoms with E-state index in [2.05, 4.69) is 15.0 Å². The Labute approximate surface area is 157 Å². The molecule has 0 bridgehead atoms. The number of nitrogens with one attached hydrogen (secondary N) is 1. The third-order valence-corrected chi connectivity index (χ3v) is 4.02. The maximum absolute atomic E-state index is 12.7. The molecule has 1 amide bonds. The van der Waals surface area contributed by atoms with Gasteiger partial charge in [0.2, 0.25) is 0 Å². The first kappa shape index (κ1) is 18.1. The lowest BCUT2D eigenvalue weighted by Gasteiger charge is -2.17. The molecule has 0 saturated heterocycles. The zero-order chi connectivity index (χ0) is 19.2. The summed E-state index contributed by atoms with van der Waals surface area (Å²) in [5, 5.41) is 3.20. The minimum absolute atomic E-state index is 0.203. The summed E-state index contributed by atoms with van der Waals surface area (Å²) in [7, 11) is 3.06. The number of hydrogen-bond donors (Lipinski definition) is 1. The van der Waals surface area contributed by atoms with Gasteiger partial charge in [0.1, 0.15) is 5.69 Å². The van der Waals surface area contributed by atoms with Crippen LogP contribution in [0.25, 0.3) is 0 Å². The van der Waals surface area contributed by atoms with Crippen molar-refractivity contribution in [3.8, 4) is 0 Å². The van der Waals surface area contributed by atoms with Gasteiger partial charge >= 0.3 is 5.97 Å². The molecule has 6 nitrogen and oxygen atoms in total. The molecular weight excluding hydrogens is 342 g/mol. The van der Waals surface area contributed by atoms with Crippen LogP contribution in [-0.2, 0) is 4.74 Å². The Hall–Kier alpha value is -3.67. The predicted octanol–water partition coefficient (Wildman–Crippen LogP) is 3.89. The lowest BCUT2D eigenvalue weighted by atomic mass is 10.2. The Balaban J connectivity index is 1.75. The highest BCUT2D eigenvalue weighted by Crippen LogP contribution is 2.20. The van der Waals surface area contributed by atoms with E-state index in [4.69, 9.17) is 0 Å². The zero-order valence-electron chi connectivity index (χ0n) is 15.0. The molecule has 0 atom stereocenters. The van der Waals surface area contributed by atoms with Gasteiger partial charge in [-0.15, -0.1) is 0 Å². The second kappa shape index (κ2) is 8.14. The van der Waals surface area contributed by atoms with Gasteiger partial charge in [0.05, 0.1) is 12.7 Å². The number of methoxy groups -OCH3 is 1. The SMILES string of the molecule is COC(=O)c1ccc(Nc2ccnc(C(=O)N(C)c3ccccc3)c2)cc1. The van der Waals surface area contributed by atoms with Crippen LogP contribution in [0.15, 0.2) is 72.9 Å². The van der Waals surface area contributed by atoms with Gasteiger partial charge in [-0.25, -0.2) is 4.79 Å². The van der Waals surface area contributed by atoms with Gasteiger partial charge in [-0.1, -0.05) is 18.2 Å². The standard InChI is InChI=1S/C21H19N3O3/c1-24(18-6-4-3-5-7-18)20(25)19-14-17(12-13-22-19)23-16-10-8-15(9-11-16)21(26)27-2/h3-14H,1-2H3,(H,22,23). The van der Waals surface area contributed by atoms with Gasteiger partial charge in [0, 0.05) is 30.3 Å². The Morgan fingerprint density at radius 1 is 0.963 bits per heavy atom. The molecule has 2 aromatic carbocycles. The highest BCUT2D eigenvalue weighted by Gasteiger charge is 2.15. The smallest absolute Gasteiger partial charge is 0.337 e. The van der Waals surface area contributed by atoms with Crippen LogP contribution in [0.3, 0.4) is 0 Å². The zero-order valence-corrected chi connectivity index (χ0v) is 15.0. The van der Waals surface area contributed by atoms with E-state index in [-0.39, 0.29) is 11.9 Å². The fourth-order valence-electron chi connectivity index (χ4n) is 2.54. The van der Waals surface area contributed by atoms with Crippen molar-refractivity contribution >= 4 is 28.9 Å². The molecule has 3 aromatic rings. The maximum Gasteiger partial charge on any atom is 0.337 e. The van der Waals surface area contributed by atoms with Crippen LogP contribution >= 0.6 is 0 Å². The van der Waals surface area contributed by atoms with Gasteiger partial charge in [0.15, 0.2) is 0 Å². The number of carbonyl (C=O) groups is 2. The summed E-state index contributed by atoms with van der Waals surface area (Å²) >= 11 is 0. The van der Waals surface area contributed by atoms with Crippen molar-refractivity contribution in [1.82, 2.24) is 4.98 Å². The molecule has 6 heteroatoms. The second-order valence-electron chi connectivity index (χ2n) is 5.82. The van der Waals surface area contributed by atoms with E-state index >= 15 is 0 Å². The third kappa shape index (κ3) is 4.30. The molecule has 0 saturated carbocycles. The average molecular weight is 361 g/mol. The van der Waals surface area contributed by atoms with Gasteiger partial charge < -0.3 is 15.0 Å². The molecule has 3 rings (SSSR count). The number of benzene rings is 2. The molecule has 0 aliphatic heterocycles. The van der Waals surface area contributed by atoms with E-state index < -0.39 is 0 Å². The molecule has 0 aliphatic rings. The molecule has 1 heterocycles. The second-order valence-corrected chi connectivity index (χ2v) is 5.82. The van der Waals surface area contributed by atoms with E-state index in [0.717, 1.165) is 17.1 Å².